The minimum atomic E-state index is -3.55. The molecule has 0 aliphatic carbocycles. The highest BCUT2D eigenvalue weighted by atomic mass is 32.2. The van der Waals surface area contributed by atoms with Crippen LogP contribution >= 0.6 is 11.3 Å². The van der Waals surface area contributed by atoms with Crippen molar-refractivity contribution in [3.05, 3.63) is 40.8 Å². The summed E-state index contributed by atoms with van der Waals surface area (Å²) in [5.41, 5.74) is 0.880. The number of ether oxygens (including phenoxy) is 2. The molecule has 1 amide bonds. The summed E-state index contributed by atoms with van der Waals surface area (Å²) in [5.74, 6) is 0.724. The van der Waals surface area contributed by atoms with Crippen molar-refractivity contribution in [3.63, 3.8) is 0 Å². The van der Waals surface area contributed by atoms with Crippen LogP contribution in [0.2, 0.25) is 0 Å². The van der Waals surface area contributed by atoms with E-state index in [1.54, 1.807) is 32.4 Å². The van der Waals surface area contributed by atoms with Crippen LogP contribution in [-0.4, -0.2) is 45.9 Å². The summed E-state index contributed by atoms with van der Waals surface area (Å²) >= 11 is 1.26. The van der Waals surface area contributed by atoms with Crippen molar-refractivity contribution in [2.75, 3.05) is 27.3 Å². The Morgan fingerprint density at radius 1 is 1.21 bits per heavy atom. The van der Waals surface area contributed by atoms with Crippen LogP contribution in [0.25, 0.3) is 0 Å². The summed E-state index contributed by atoms with van der Waals surface area (Å²) in [6, 6.07) is 8.90. The van der Waals surface area contributed by atoms with E-state index in [9.17, 15) is 13.2 Å². The van der Waals surface area contributed by atoms with E-state index in [0.29, 0.717) is 41.6 Å². The molecule has 1 aromatic heterocycles. The molecular weight excluding hydrogens is 412 g/mol. The number of carbonyl (C=O) groups excluding carboxylic acids is 1. The summed E-state index contributed by atoms with van der Waals surface area (Å²) in [5, 5.41) is 2.92. The van der Waals surface area contributed by atoms with Crippen LogP contribution in [0, 0.1) is 12.8 Å². The minimum absolute atomic E-state index is 0.137. The smallest absolute Gasteiger partial charge is 0.252 e. The SMILES string of the molecule is COc1ccc(CNC(=O)C2CCCN(S(=O)(=O)c3ccc(C)s3)C2)cc1OC. The molecule has 2 aromatic rings. The van der Waals surface area contributed by atoms with Gasteiger partial charge in [-0.2, -0.15) is 4.31 Å². The van der Waals surface area contributed by atoms with Crippen LogP contribution < -0.4 is 14.8 Å². The number of nitrogens with one attached hydrogen (secondary N) is 1. The first-order chi connectivity index (χ1) is 13.8. The van der Waals surface area contributed by atoms with Gasteiger partial charge in [-0.1, -0.05) is 6.07 Å². The van der Waals surface area contributed by atoms with Gasteiger partial charge in [0.1, 0.15) is 4.21 Å². The summed E-state index contributed by atoms with van der Waals surface area (Å²) < 4.78 is 38.0. The number of carbonyl (C=O) groups is 1. The summed E-state index contributed by atoms with van der Waals surface area (Å²) in [6.07, 6.45) is 1.34. The molecule has 1 aromatic carbocycles. The largest absolute Gasteiger partial charge is 0.493 e. The third-order valence-corrected chi connectivity index (χ3v) is 8.31. The number of sulfonamides is 1. The van der Waals surface area contributed by atoms with Crippen LogP contribution in [-0.2, 0) is 21.4 Å². The summed E-state index contributed by atoms with van der Waals surface area (Å²) in [6.45, 7) is 2.87. The average Bonchev–Trinajstić information content (AvgIpc) is 3.19. The normalized spacial score (nSPS) is 17.7. The number of aryl methyl sites for hydroxylation is 1. The van der Waals surface area contributed by atoms with Gasteiger partial charge in [-0.3, -0.25) is 4.79 Å². The summed E-state index contributed by atoms with van der Waals surface area (Å²) in [7, 11) is -0.419. The lowest BCUT2D eigenvalue weighted by Crippen LogP contribution is -2.45. The molecule has 158 valence electrons. The van der Waals surface area contributed by atoms with E-state index in [1.807, 2.05) is 19.1 Å². The maximum Gasteiger partial charge on any atom is 0.252 e. The van der Waals surface area contributed by atoms with Crippen molar-refractivity contribution in [1.82, 2.24) is 9.62 Å². The highest BCUT2D eigenvalue weighted by Crippen LogP contribution is 2.29. The van der Waals surface area contributed by atoms with E-state index in [4.69, 9.17) is 9.47 Å². The highest BCUT2D eigenvalue weighted by molar-refractivity contribution is 7.91. The quantitative estimate of drug-likeness (QED) is 0.719. The molecule has 1 unspecified atom stereocenters. The van der Waals surface area contributed by atoms with E-state index in [2.05, 4.69) is 5.32 Å². The monoisotopic (exact) mass is 438 g/mol. The zero-order valence-corrected chi connectivity index (χ0v) is 18.4. The second-order valence-corrected chi connectivity index (χ2v) is 10.4. The van der Waals surface area contributed by atoms with Gasteiger partial charge in [0.05, 0.1) is 20.1 Å². The third kappa shape index (κ3) is 4.91. The number of benzene rings is 1. The highest BCUT2D eigenvalue weighted by Gasteiger charge is 2.33. The molecule has 1 atom stereocenters. The van der Waals surface area contributed by atoms with Gasteiger partial charge < -0.3 is 14.8 Å². The van der Waals surface area contributed by atoms with Crippen LogP contribution in [0.4, 0.5) is 0 Å². The molecule has 1 fully saturated rings. The van der Waals surface area contributed by atoms with Crippen LogP contribution in [0.3, 0.4) is 0 Å². The lowest BCUT2D eigenvalue weighted by Gasteiger charge is -2.30. The fraction of sp³-hybridized carbons (Fsp3) is 0.450. The molecule has 1 N–H and O–H groups in total. The second kappa shape index (κ2) is 9.15. The summed E-state index contributed by atoms with van der Waals surface area (Å²) in [4.78, 5) is 13.6. The molecule has 7 nitrogen and oxygen atoms in total. The Balaban J connectivity index is 1.63. The molecule has 1 aliphatic rings. The van der Waals surface area contributed by atoms with Gasteiger partial charge in [-0.05, 0) is 49.6 Å². The molecule has 0 bridgehead atoms. The lowest BCUT2D eigenvalue weighted by molar-refractivity contribution is -0.126. The second-order valence-electron chi connectivity index (χ2n) is 6.97. The molecule has 9 heteroatoms. The molecule has 0 saturated carbocycles. The van der Waals surface area contributed by atoms with Crippen molar-refractivity contribution >= 4 is 27.3 Å². The Morgan fingerprint density at radius 3 is 2.62 bits per heavy atom. The maximum absolute atomic E-state index is 12.9. The Kier molecular flexibility index (Phi) is 6.81. The molecular formula is C20H26N2O5S2. The average molecular weight is 439 g/mol. The van der Waals surface area contributed by atoms with Crippen LogP contribution in [0.15, 0.2) is 34.5 Å². The van der Waals surface area contributed by atoms with Gasteiger partial charge in [0.25, 0.3) is 10.0 Å². The van der Waals surface area contributed by atoms with Crippen LogP contribution in [0.5, 0.6) is 11.5 Å². The van der Waals surface area contributed by atoms with Crippen molar-refractivity contribution < 1.29 is 22.7 Å². The fourth-order valence-corrected chi connectivity index (χ4v) is 6.34. The number of piperidine rings is 1. The van der Waals surface area contributed by atoms with Gasteiger partial charge in [0, 0.05) is 24.5 Å². The third-order valence-electron chi connectivity index (χ3n) is 4.98. The fourth-order valence-electron chi connectivity index (χ4n) is 3.38. The molecule has 1 saturated heterocycles. The zero-order chi connectivity index (χ0) is 21.0. The first kappa shape index (κ1) is 21.6. The first-order valence-electron chi connectivity index (χ1n) is 9.40. The standard InChI is InChI=1S/C20H26N2O5S2/c1-14-6-9-19(28-14)29(24,25)22-10-4-5-16(13-22)20(23)21-12-15-7-8-17(26-2)18(11-15)27-3/h6-9,11,16H,4-5,10,12-13H2,1-3H3,(H,21,23). The van der Waals surface area contributed by atoms with Crippen molar-refractivity contribution in [1.29, 1.82) is 0 Å². The first-order valence-corrected chi connectivity index (χ1v) is 11.7. The molecule has 2 heterocycles. The lowest BCUT2D eigenvalue weighted by atomic mass is 9.98. The van der Waals surface area contributed by atoms with Crippen LogP contribution in [0.1, 0.15) is 23.3 Å². The Bertz CT molecular complexity index is 971. The molecule has 3 rings (SSSR count). The number of rotatable bonds is 7. The Labute approximate surface area is 175 Å². The number of amides is 1. The predicted octanol–water partition coefficient (Wildman–Crippen LogP) is 2.79. The topological polar surface area (TPSA) is 84.9 Å². The Morgan fingerprint density at radius 2 is 1.97 bits per heavy atom. The van der Waals surface area contributed by atoms with Gasteiger partial charge in [0.2, 0.25) is 5.91 Å². The zero-order valence-electron chi connectivity index (χ0n) is 16.8. The van der Waals surface area contributed by atoms with Crippen molar-refractivity contribution in [3.8, 4) is 11.5 Å². The Hall–Kier alpha value is -2.10. The van der Waals surface area contributed by atoms with E-state index < -0.39 is 10.0 Å². The van der Waals surface area contributed by atoms with Gasteiger partial charge >= 0.3 is 0 Å². The minimum Gasteiger partial charge on any atom is -0.493 e. The van der Waals surface area contributed by atoms with E-state index >= 15 is 0 Å². The number of thiophene rings is 1. The van der Waals surface area contributed by atoms with E-state index in [1.165, 1.54) is 15.6 Å². The van der Waals surface area contributed by atoms with Crippen molar-refractivity contribution in [2.24, 2.45) is 5.92 Å². The van der Waals surface area contributed by atoms with Gasteiger partial charge in [0.15, 0.2) is 11.5 Å². The molecule has 0 radical (unpaired) electrons. The number of hydrogen-bond acceptors (Lipinski definition) is 6. The number of nitrogens with zero attached hydrogens (tertiary/aromatic N) is 1. The molecule has 0 spiro atoms. The predicted molar refractivity (Wildman–Crippen MR) is 112 cm³/mol. The molecule has 1 aliphatic heterocycles. The van der Waals surface area contributed by atoms with Crippen molar-refractivity contribution in [2.45, 2.75) is 30.5 Å². The van der Waals surface area contributed by atoms with E-state index in [0.717, 1.165) is 10.4 Å². The van der Waals surface area contributed by atoms with E-state index in [-0.39, 0.29) is 18.4 Å². The van der Waals surface area contributed by atoms with Gasteiger partial charge in [-0.25, -0.2) is 8.42 Å². The molecule has 29 heavy (non-hydrogen) atoms. The maximum atomic E-state index is 12.9. The number of hydrogen-bond donors (Lipinski definition) is 1. The number of methoxy groups -OCH3 is 2. The van der Waals surface area contributed by atoms with Gasteiger partial charge in [-0.15, -0.1) is 11.3 Å².